The Morgan fingerprint density at radius 2 is 1.68 bits per heavy atom. The van der Waals surface area contributed by atoms with E-state index in [0.717, 1.165) is 25.1 Å². The van der Waals surface area contributed by atoms with Crippen LogP contribution in [0.5, 0.6) is 0 Å². The number of carbonyl (C=O) groups is 1. The molecule has 10 heteroatoms. The fourth-order valence-corrected chi connectivity index (χ4v) is 5.90. The highest BCUT2D eigenvalue weighted by Crippen LogP contribution is 2.45. The van der Waals surface area contributed by atoms with E-state index in [1.165, 1.54) is 48.5 Å². The fourth-order valence-electron chi connectivity index (χ4n) is 5.90. The lowest BCUT2D eigenvalue weighted by atomic mass is 9.85. The first-order chi connectivity index (χ1) is 18.2. The van der Waals surface area contributed by atoms with Crippen LogP contribution in [0.1, 0.15) is 48.6 Å². The van der Waals surface area contributed by atoms with Gasteiger partial charge in [-0.15, -0.1) is 0 Å². The van der Waals surface area contributed by atoms with Crippen molar-refractivity contribution >= 4 is 17.2 Å². The Labute approximate surface area is 216 Å². The molecule has 1 amide bonds. The van der Waals surface area contributed by atoms with Crippen LogP contribution in [0.25, 0.3) is 16.8 Å². The standard InChI is InChI=1S/C28H26F3N5O2/c29-28(30,31)27(38,19-4-2-1-3-5-19)20-9-6-17(7-10-20)23-24-25(32)33-14-15-35(24)26(34-23)18-8-11-21-12-13-22(37)36(21)16-18/h1-7,9-10,14-15,18,21,38H,8,11-13,16H2,(H2,32,33)/t18-,21+,27?/m1/s1. The van der Waals surface area contributed by atoms with Gasteiger partial charge in [0.2, 0.25) is 11.5 Å². The van der Waals surface area contributed by atoms with Crippen molar-refractivity contribution in [2.24, 2.45) is 0 Å². The summed E-state index contributed by atoms with van der Waals surface area (Å²) >= 11 is 0. The Morgan fingerprint density at radius 3 is 2.39 bits per heavy atom. The van der Waals surface area contributed by atoms with Gasteiger partial charge in [0.1, 0.15) is 22.9 Å². The summed E-state index contributed by atoms with van der Waals surface area (Å²) in [7, 11) is 0. The van der Waals surface area contributed by atoms with Crippen LogP contribution < -0.4 is 5.73 Å². The van der Waals surface area contributed by atoms with E-state index < -0.39 is 11.8 Å². The van der Waals surface area contributed by atoms with Crippen molar-refractivity contribution in [3.05, 3.63) is 83.9 Å². The van der Waals surface area contributed by atoms with Gasteiger partial charge in [0.05, 0.1) is 0 Å². The van der Waals surface area contributed by atoms with Crippen LogP contribution >= 0.6 is 0 Å². The molecule has 0 saturated carbocycles. The number of imidazole rings is 1. The first-order valence-corrected chi connectivity index (χ1v) is 12.6. The normalized spacial score (nSPS) is 21.5. The van der Waals surface area contributed by atoms with Crippen molar-refractivity contribution < 1.29 is 23.1 Å². The van der Waals surface area contributed by atoms with Crippen LogP contribution in [0.15, 0.2) is 67.0 Å². The zero-order chi connectivity index (χ0) is 26.7. The number of aromatic nitrogens is 3. The second kappa shape index (κ2) is 8.83. The lowest BCUT2D eigenvalue weighted by Crippen LogP contribution is -2.43. The molecule has 0 radical (unpaired) electrons. The molecule has 2 aliphatic heterocycles. The quantitative estimate of drug-likeness (QED) is 0.408. The number of halogens is 3. The maximum atomic E-state index is 14.2. The molecule has 1 unspecified atom stereocenters. The van der Waals surface area contributed by atoms with E-state index in [2.05, 4.69) is 4.98 Å². The fraction of sp³-hybridized carbons (Fsp3) is 0.321. The smallest absolute Gasteiger partial charge is 0.382 e. The van der Waals surface area contributed by atoms with Gasteiger partial charge >= 0.3 is 6.18 Å². The summed E-state index contributed by atoms with van der Waals surface area (Å²) in [4.78, 5) is 23.4. The van der Waals surface area contributed by atoms with Crippen LogP contribution in [-0.4, -0.2) is 49.0 Å². The van der Waals surface area contributed by atoms with Gasteiger partial charge in [0.15, 0.2) is 0 Å². The van der Waals surface area contributed by atoms with E-state index in [1.807, 2.05) is 9.30 Å². The van der Waals surface area contributed by atoms with Gasteiger partial charge < -0.3 is 15.7 Å². The van der Waals surface area contributed by atoms with Gasteiger partial charge in [-0.05, 0) is 30.4 Å². The predicted octanol–water partition coefficient (Wildman–Crippen LogP) is 4.65. The number of carbonyl (C=O) groups excluding carboxylic acids is 1. The van der Waals surface area contributed by atoms with E-state index in [1.54, 1.807) is 18.5 Å². The molecule has 2 aliphatic rings. The molecule has 4 heterocycles. The van der Waals surface area contributed by atoms with E-state index >= 15 is 0 Å². The number of piperidine rings is 1. The monoisotopic (exact) mass is 521 g/mol. The average molecular weight is 522 g/mol. The number of benzene rings is 2. The first kappa shape index (κ1) is 24.4. The molecule has 3 atom stereocenters. The van der Waals surface area contributed by atoms with Crippen molar-refractivity contribution in [1.82, 2.24) is 19.3 Å². The molecular formula is C28H26F3N5O2. The van der Waals surface area contributed by atoms with Crippen molar-refractivity contribution in [3.63, 3.8) is 0 Å². The molecule has 2 aromatic carbocycles. The molecule has 38 heavy (non-hydrogen) atoms. The van der Waals surface area contributed by atoms with E-state index in [0.29, 0.717) is 29.7 Å². The minimum Gasteiger partial charge on any atom is -0.382 e. The highest BCUT2D eigenvalue weighted by Gasteiger charge is 2.56. The number of alkyl halides is 3. The third-order valence-electron chi connectivity index (χ3n) is 7.87. The number of rotatable bonds is 4. The Morgan fingerprint density at radius 1 is 0.974 bits per heavy atom. The average Bonchev–Trinajstić information content (AvgIpc) is 3.49. The number of hydrogen-bond donors (Lipinski definition) is 2. The molecule has 0 bridgehead atoms. The van der Waals surface area contributed by atoms with Crippen LogP contribution in [0.3, 0.4) is 0 Å². The largest absolute Gasteiger partial charge is 0.425 e. The van der Waals surface area contributed by atoms with Gasteiger partial charge in [-0.2, -0.15) is 13.2 Å². The molecule has 4 aromatic rings. The molecule has 3 N–H and O–H groups in total. The minimum absolute atomic E-state index is 0.0102. The molecule has 0 spiro atoms. The molecule has 2 saturated heterocycles. The summed E-state index contributed by atoms with van der Waals surface area (Å²) in [6, 6.07) is 12.8. The number of nitrogens with zero attached hydrogens (tertiary/aromatic N) is 4. The third-order valence-corrected chi connectivity index (χ3v) is 7.87. The Bertz CT molecular complexity index is 1500. The molecule has 7 nitrogen and oxygen atoms in total. The van der Waals surface area contributed by atoms with Crippen LogP contribution in [0.4, 0.5) is 19.0 Å². The predicted molar refractivity (Wildman–Crippen MR) is 135 cm³/mol. The Hall–Kier alpha value is -3.92. The number of nitrogens with two attached hydrogens (primary N) is 1. The Balaban J connectivity index is 1.41. The highest BCUT2D eigenvalue weighted by atomic mass is 19.4. The molecule has 2 aromatic heterocycles. The second-order valence-corrected chi connectivity index (χ2v) is 10.0. The third kappa shape index (κ3) is 3.74. The molecular weight excluding hydrogens is 495 g/mol. The van der Waals surface area contributed by atoms with Gasteiger partial charge in [-0.25, -0.2) is 9.97 Å². The zero-order valence-corrected chi connectivity index (χ0v) is 20.4. The topological polar surface area (TPSA) is 96.8 Å². The lowest BCUT2D eigenvalue weighted by Gasteiger charge is -2.34. The number of anilines is 1. The Kier molecular flexibility index (Phi) is 5.68. The van der Waals surface area contributed by atoms with Crippen LogP contribution in [-0.2, 0) is 10.4 Å². The van der Waals surface area contributed by atoms with E-state index in [4.69, 9.17) is 10.7 Å². The number of aliphatic hydroxyl groups is 1. The van der Waals surface area contributed by atoms with Crippen molar-refractivity contribution in [1.29, 1.82) is 0 Å². The van der Waals surface area contributed by atoms with Gasteiger partial charge in [-0.3, -0.25) is 9.20 Å². The maximum Gasteiger partial charge on any atom is 0.425 e. The highest BCUT2D eigenvalue weighted by molar-refractivity contribution is 5.85. The van der Waals surface area contributed by atoms with Crippen LogP contribution in [0, 0.1) is 0 Å². The van der Waals surface area contributed by atoms with Crippen LogP contribution in [0.2, 0.25) is 0 Å². The summed E-state index contributed by atoms with van der Waals surface area (Å²) in [5, 5.41) is 10.9. The summed E-state index contributed by atoms with van der Waals surface area (Å²) < 4.78 is 44.4. The summed E-state index contributed by atoms with van der Waals surface area (Å²) in [6.07, 6.45) is 1.62. The van der Waals surface area contributed by atoms with Gasteiger partial charge in [-0.1, -0.05) is 54.6 Å². The number of nitrogen functional groups attached to an aromatic ring is 1. The number of hydrogen-bond acceptors (Lipinski definition) is 5. The molecule has 6 rings (SSSR count). The first-order valence-electron chi connectivity index (χ1n) is 12.6. The lowest BCUT2D eigenvalue weighted by molar-refractivity contribution is -0.248. The SMILES string of the molecule is Nc1nccn2c([C@@H]3CC[C@H]4CCC(=O)N4C3)nc(-c3ccc(C(O)(c4ccccc4)C(F)(F)F)cc3)c12. The van der Waals surface area contributed by atoms with Gasteiger partial charge in [0.25, 0.3) is 0 Å². The van der Waals surface area contributed by atoms with Crippen molar-refractivity contribution in [3.8, 4) is 11.3 Å². The summed E-state index contributed by atoms with van der Waals surface area (Å²) in [5.41, 5.74) is 4.09. The van der Waals surface area contributed by atoms with E-state index in [9.17, 15) is 23.1 Å². The van der Waals surface area contributed by atoms with E-state index in [-0.39, 0.29) is 34.8 Å². The molecule has 196 valence electrons. The number of fused-ring (bicyclic) bond motifs is 2. The summed E-state index contributed by atoms with van der Waals surface area (Å²) in [6.45, 7) is 0.568. The minimum atomic E-state index is -4.94. The second-order valence-electron chi connectivity index (χ2n) is 10.0. The molecule has 2 fully saturated rings. The number of amides is 1. The maximum absolute atomic E-state index is 14.2. The van der Waals surface area contributed by atoms with Gasteiger partial charge in [0, 0.05) is 42.9 Å². The molecule has 0 aliphatic carbocycles. The summed E-state index contributed by atoms with van der Waals surface area (Å²) in [5.74, 6) is 1.13. The zero-order valence-electron chi connectivity index (χ0n) is 20.4. The van der Waals surface area contributed by atoms with Crippen molar-refractivity contribution in [2.75, 3.05) is 12.3 Å². The van der Waals surface area contributed by atoms with Crippen molar-refractivity contribution in [2.45, 2.75) is 49.4 Å².